The van der Waals surface area contributed by atoms with Crippen molar-refractivity contribution in [3.8, 4) is 0 Å². The molecule has 1 N–H and O–H groups in total. The Labute approximate surface area is 119 Å². The van der Waals surface area contributed by atoms with E-state index in [1.807, 2.05) is 0 Å². The van der Waals surface area contributed by atoms with Crippen LogP contribution >= 0.6 is 0 Å². The normalized spacial score (nSPS) is 27.4. The SMILES string of the molecule is O=C(Cn1cccn1)N1CC[C@](O)(CN2CCCC2)C1. The highest BCUT2D eigenvalue weighted by molar-refractivity contribution is 5.76. The largest absolute Gasteiger partial charge is 0.387 e. The lowest BCUT2D eigenvalue weighted by Gasteiger charge is -2.28. The molecule has 1 amide bonds. The van der Waals surface area contributed by atoms with E-state index in [1.165, 1.54) is 12.8 Å². The number of aromatic nitrogens is 2. The summed E-state index contributed by atoms with van der Waals surface area (Å²) in [7, 11) is 0. The Balaban J connectivity index is 1.53. The monoisotopic (exact) mass is 278 g/mol. The highest BCUT2D eigenvalue weighted by atomic mass is 16.3. The predicted molar refractivity (Wildman–Crippen MR) is 74.0 cm³/mol. The van der Waals surface area contributed by atoms with Crippen LogP contribution in [0.15, 0.2) is 18.5 Å². The van der Waals surface area contributed by atoms with E-state index in [9.17, 15) is 9.90 Å². The average Bonchev–Trinajstić information content (AvgIpc) is 3.12. The maximum atomic E-state index is 12.2. The number of likely N-dealkylation sites (tertiary alicyclic amines) is 2. The number of rotatable bonds is 4. The minimum Gasteiger partial charge on any atom is -0.387 e. The zero-order valence-corrected chi connectivity index (χ0v) is 11.7. The van der Waals surface area contributed by atoms with E-state index < -0.39 is 5.60 Å². The highest BCUT2D eigenvalue weighted by Crippen LogP contribution is 2.24. The Morgan fingerprint density at radius 2 is 2.10 bits per heavy atom. The topological polar surface area (TPSA) is 61.6 Å². The summed E-state index contributed by atoms with van der Waals surface area (Å²) in [5, 5.41) is 14.7. The molecule has 1 aromatic heterocycles. The van der Waals surface area contributed by atoms with E-state index in [4.69, 9.17) is 0 Å². The van der Waals surface area contributed by atoms with Crippen LogP contribution in [0, 0.1) is 0 Å². The van der Waals surface area contributed by atoms with Gasteiger partial charge in [-0.2, -0.15) is 5.10 Å². The van der Waals surface area contributed by atoms with Gasteiger partial charge in [0.1, 0.15) is 6.54 Å². The molecular weight excluding hydrogens is 256 g/mol. The van der Waals surface area contributed by atoms with Gasteiger partial charge in [0.15, 0.2) is 0 Å². The van der Waals surface area contributed by atoms with Crippen LogP contribution in [0.25, 0.3) is 0 Å². The lowest BCUT2D eigenvalue weighted by atomic mass is 10.0. The summed E-state index contributed by atoms with van der Waals surface area (Å²) < 4.78 is 1.63. The van der Waals surface area contributed by atoms with Gasteiger partial charge in [-0.1, -0.05) is 0 Å². The third-order valence-corrected chi connectivity index (χ3v) is 4.26. The van der Waals surface area contributed by atoms with E-state index >= 15 is 0 Å². The molecule has 6 nitrogen and oxygen atoms in total. The number of carbonyl (C=O) groups is 1. The van der Waals surface area contributed by atoms with Crippen molar-refractivity contribution in [2.24, 2.45) is 0 Å². The number of nitrogens with zero attached hydrogens (tertiary/aromatic N) is 4. The quantitative estimate of drug-likeness (QED) is 0.838. The van der Waals surface area contributed by atoms with Crippen molar-refractivity contribution >= 4 is 5.91 Å². The third kappa shape index (κ3) is 3.02. The molecule has 2 saturated heterocycles. The molecule has 1 atom stereocenters. The first kappa shape index (κ1) is 13.6. The van der Waals surface area contributed by atoms with Crippen LogP contribution in [-0.4, -0.2) is 68.9 Å². The van der Waals surface area contributed by atoms with E-state index in [0.717, 1.165) is 13.1 Å². The van der Waals surface area contributed by atoms with Gasteiger partial charge in [-0.25, -0.2) is 0 Å². The first-order valence-corrected chi connectivity index (χ1v) is 7.35. The average molecular weight is 278 g/mol. The van der Waals surface area contributed by atoms with Crippen molar-refractivity contribution in [3.63, 3.8) is 0 Å². The minimum atomic E-state index is -0.732. The molecule has 20 heavy (non-hydrogen) atoms. The minimum absolute atomic E-state index is 0.0334. The Morgan fingerprint density at radius 3 is 2.80 bits per heavy atom. The second-order valence-corrected chi connectivity index (χ2v) is 5.98. The summed E-state index contributed by atoms with van der Waals surface area (Å²) in [6, 6.07) is 1.81. The molecular formula is C14H22N4O2. The highest BCUT2D eigenvalue weighted by Gasteiger charge is 2.39. The molecule has 0 bridgehead atoms. The lowest BCUT2D eigenvalue weighted by molar-refractivity contribution is -0.132. The van der Waals surface area contributed by atoms with Crippen molar-refractivity contribution in [2.75, 3.05) is 32.7 Å². The fraction of sp³-hybridized carbons (Fsp3) is 0.714. The van der Waals surface area contributed by atoms with Crippen LogP contribution in [0.5, 0.6) is 0 Å². The van der Waals surface area contributed by atoms with Gasteiger partial charge in [-0.05, 0) is 38.4 Å². The summed E-state index contributed by atoms with van der Waals surface area (Å²) >= 11 is 0. The van der Waals surface area contributed by atoms with Crippen molar-refractivity contribution in [1.82, 2.24) is 19.6 Å². The van der Waals surface area contributed by atoms with Crippen LogP contribution in [0.2, 0.25) is 0 Å². The molecule has 6 heteroatoms. The Hall–Kier alpha value is -1.40. The summed E-state index contributed by atoms with van der Waals surface area (Å²) in [5.74, 6) is 0.0334. The van der Waals surface area contributed by atoms with Crippen molar-refractivity contribution < 1.29 is 9.90 Å². The Bertz CT molecular complexity index is 456. The van der Waals surface area contributed by atoms with Crippen LogP contribution in [0.1, 0.15) is 19.3 Å². The molecule has 0 saturated carbocycles. The first-order valence-electron chi connectivity index (χ1n) is 7.35. The van der Waals surface area contributed by atoms with Crippen LogP contribution in [-0.2, 0) is 11.3 Å². The van der Waals surface area contributed by atoms with Crippen molar-refractivity contribution in [3.05, 3.63) is 18.5 Å². The summed E-state index contributed by atoms with van der Waals surface area (Å²) in [4.78, 5) is 16.2. The van der Waals surface area contributed by atoms with Crippen molar-refractivity contribution in [1.29, 1.82) is 0 Å². The maximum absolute atomic E-state index is 12.2. The van der Waals surface area contributed by atoms with Gasteiger partial charge in [0, 0.05) is 25.5 Å². The Morgan fingerprint density at radius 1 is 1.30 bits per heavy atom. The molecule has 1 aromatic rings. The molecule has 2 aliphatic heterocycles. The third-order valence-electron chi connectivity index (χ3n) is 4.26. The molecule has 3 rings (SSSR count). The smallest absolute Gasteiger partial charge is 0.244 e. The van der Waals surface area contributed by atoms with E-state index in [2.05, 4.69) is 10.00 Å². The molecule has 0 unspecified atom stereocenters. The van der Waals surface area contributed by atoms with Gasteiger partial charge >= 0.3 is 0 Å². The van der Waals surface area contributed by atoms with E-state index in [-0.39, 0.29) is 12.5 Å². The van der Waals surface area contributed by atoms with Crippen LogP contribution in [0.3, 0.4) is 0 Å². The van der Waals surface area contributed by atoms with E-state index in [1.54, 1.807) is 28.0 Å². The van der Waals surface area contributed by atoms with Gasteiger partial charge in [0.05, 0.1) is 12.1 Å². The zero-order chi connectivity index (χ0) is 14.0. The second-order valence-electron chi connectivity index (χ2n) is 5.98. The number of amides is 1. The molecule has 110 valence electrons. The molecule has 0 radical (unpaired) electrons. The number of hydrogen-bond acceptors (Lipinski definition) is 4. The number of aliphatic hydroxyl groups is 1. The molecule has 2 aliphatic rings. The Kier molecular flexibility index (Phi) is 3.76. The van der Waals surface area contributed by atoms with Gasteiger partial charge in [0.2, 0.25) is 5.91 Å². The first-order chi connectivity index (χ1) is 9.65. The number of carbonyl (C=O) groups excluding carboxylic acids is 1. The van der Waals surface area contributed by atoms with Crippen LogP contribution in [0.4, 0.5) is 0 Å². The van der Waals surface area contributed by atoms with Gasteiger partial charge < -0.3 is 14.9 Å². The standard InChI is InChI=1S/C14H22N4O2/c19-13(10-18-8-3-5-15-18)17-9-4-14(20,12-17)11-16-6-1-2-7-16/h3,5,8,20H,1-2,4,6-7,9-12H2/t14-/m0/s1. The zero-order valence-electron chi connectivity index (χ0n) is 11.7. The van der Waals surface area contributed by atoms with Crippen LogP contribution < -0.4 is 0 Å². The van der Waals surface area contributed by atoms with Gasteiger partial charge in [-0.3, -0.25) is 9.48 Å². The maximum Gasteiger partial charge on any atom is 0.244 e. The summed E-state index contributed by atoms with van der Waals surface area (Å²) in [6.07, 6.45) is 6.57. The lowest BCUT2D eigenvalue weighted by Crippen LogP contribution is -2.45. The number of β-amino-alcohol motifs (C(OH)–C–C–N with tert-alkyl or cyclic N) is 1. The molecule has 0 spiro atoms. The fourth-order valence-electron chi connectivity index (χ4n) is 3.19. The molecule has 2 fully saturated rings. The molecule has 0 aromatic carbocycles. The van der Waals surface area contributed by atoms with Gasteiger partial charge in [-0.15, -0.1) is 0 Å². The number of hydrogen-bond donors (Lipinski definition) is 1. The predicted octanol–water partition coefficient (Wildman–Crippen LogP) is -0.0577. The molecule has 3 heterocycles. The van der Waals surface area contributed by atoms with Gasteiger partial charge in [0.25, 0.3) is 0 Å². The second kappa shape index (κ2) is 5.54. The summed E-state index contributed by atoms with van der Waals surface area (Å²) in [5.41, 5.74) is -0.732. The van der Waals surface area contributed by atoms with Crippen molar-refractivity contribution in [2.45, 2.75) is 31.4 Å². The summed E-state index contributed by atoms with van der Waals surface area (Å²) in [6.45, 7) is 4.19. The van der Waals surface area contributed by atoms with E-state index in [0.29, 0.717) is 26.1 Å². The fourth-order valence-corrected chi connectivity index (χ4v) is 3.19. The molecule has 0 aliphatic carbocycles.